The highest BCUT2D eigenvalue weighted by atomic mass is 19.2. The summed E-state index contributed by atoms with van der Waals surface area (Å²) >= 11 is 0. The van der Waals surface area contributed by atoms with Crippen LogP contribution in [0.3, 0.4) is 0 Å². The highest BCUT2D eigenvalue weighted by molar-refractivity contribution is 5.94. The van der Waals surface area contributed by atoms with E-state index in [9.17, 15) is 18.4 Å². The zero-order chi connectivity index (χ0) is 15.8. The van der Waals surface area contributed by atoms with E-state index >= 15 is 0 Å². The fraction of sp³-hybridized carbons (Fsp3) is 0.429. The van der Waals surface area contributed by atoms with Gasteiger partial charge in [0, 0.05) is 25.8 Å². The number of methoxy groups -OCH3 is 2. The standard InChI is InChI=1S/C14H17F2NO4/c1-20-8-7-17(6-5-13(18)21-2)14(19)10-3-4-11(15)12(16)9-10/h3-4,9H,5-8H2,1-2H3. The minimum Gasteiger partial charge on any atom is -0.469 e. The quantitative estimate of drug-likeness (QED) is 0.718. The van der Waals surface area contributed by atoms with Crippen molar-refractivity contribution in [3.05, 3.63) is 35.4 Å². The van der Waals surface area contributed by atoms with E-state index in [0.29, 0.717) is 0 Å². The normalized spacial score (nSPS) is 10.3. The average molecular weight is 301 g/mol. The maximum Gasteiger partial charge on any atom is 0.307 e. The lowest BCUT2D eigenvalue weighted by Crippen LogP contribution is -2.35. The molecule has 1 aromatic rings. The number of hydrogen-bond acceptors (Lipinski definition) is 4. The largest absolute Gasteiger partial charge is 0.469 e. The Balaban J connectivity index is 2.82. The van der Waals surface area contributed by atoms with Crippen molar-refractivity contribution in [1.29, 1.82) is 0 Å². The topological polar surface area (TPSA) is 55.8 Å². The molecule has 0 aliphatic carbocycles. The van der Waals surface area contributed by atoms with Crippen molar-refractivity contribution in [3.8, 4) is 0 Å². The molecule has 116 valence electrons. The molecule has 0 saturated carbocycles. The summed E-state index contributed by atoms with van der Waals surface area (Å²) < 4.78 is 35.5. The summed E-state index contributed by atoms with van der Waals surface area (Å²) in [6.07, 6.45) is 0.00955. The number of carbonyl (C=O) groups excluding carboxylic acids is 2. The zero-order valence-corrected chi connectivity index (χ0v) is 11.9. The molecule has 0 unspecified atom stereocenters. The predicted octanol–water partition coefficient (Wildman–Crippen LogP) is 1.62. The summed E-state index contributed by atoms with van der Waals surface area (Å²) in [5.41, 5.74) is 0.00914. The molecule has 0 spiro atoms. The summed E-state index contributed by atoms with van der Waals surface area (Å²) in [6, 6.07) is 2.91. The van der Waals surface area contributed by atoms with Crippen LogP contribution in [0.25, 0.3) is 0 Å². The second-order valence-corrected chi connectivity index (χ2v) is 4.24. The van der Waals surface area contributed by atoms with Crippen LogP contribution in [0.2, 0.25) is 0 Å². The van der Waals surface area contributed by atoms with Crippen LogP contribution in [-0.4, -0.2) is 50.7 Å². The molecule has 0 bridgehead atoms. The fourth-order valence-corrected chi connectivity index (χ4v) is 1.66. The van der Waals surface area contributed by atoms with Gasteiger partial charge in [-0.1, -0.05) is 0 Å². The van der Waals surface area contributed by atoms with Gasteiger partial charge in [-0.25, -0.2) is 8.78 Å². The lowest BCUT2D eigenvalue weighted by atomic mass is 10.2. The number of amides is 1. The Bertz CT molecular complexity index is 508. The lowest BCUT2D eigenvalue weighted by Gasteiger charge is -2.22. The fourth-order valence-electron chi connectivity index (χ4n) is 1.66. The molecule has 1 rings (SSSR count). The zero-order valence-electron chi connectivity index (χ0n) is 11.9. The molecule has 21 heavy (non-hydrogen) atoms. The number of nitrogens with zero attached hydrogens (tertiary/aromatic N) is 1. The molecule has 0 atom stereocenters. The van der Waals surface area contributed by atoms with Crippen LogP contribution in [0.1, 0.15) is 16.8 Å². The molecular formula is C14H17F2NO4. The first-order valence-corrected chi connectivity index (χ1v) is 6.29. The van der Waals surface area contributed by atoms with E-state index in [1.807, 2.05) is 0 Å². The van der Waals surface area contributed by atoms with Gasteiger partial charge in [-0.15, -0.1) is 0 Å². The number of halogens is 2. The first-order chi connectivity index (χ1) is 9.99. The minimum absolute atomic E-state index is 0.00914. The molecule has 0 aliphatic rings. The van der Waals surface area contributed by atoms with E-state index in [4.69, 9.17) is 4.74 Å². The first kappa shape index (κ1) is 17.0. The van der Waals surface area contributed by atoms with E-state index in [1.165, 1.54) is 25.2 Å². The summed E-state index contributed by atoms with van der Waals surface area (Å²) in [5, 5.41) is 0. The Hall–Kier alpha value is -2.02. The van der Waals surface area contributed by atoms with E-state index in [2.05, 4.69) is 4.74 Å². The van der Waals surface area contributed by atoms with Crippen molar-refractivity contribution in [2.45, 2.75) is 6.42 Å². The molecule has 0 fully saturated rings. The van der Waals surface area contributed by atoms with Crippen molar-refractivity contribution in [1.82, 2.24) is 4.90 Å². The van der Waals surface area contributed by atoms with Gasteiger partial charge in [0.05, 0.1) is 20.1 Å². The summed E-state index contributed by atoms with van der Waals surface area (Å²) in [4.78, 5) is 24.7. The highest BCUT2D eigenvalue weighted by Gasteiger charge is 2.18. The minimum atomic E-state index is -1.10. The molecule has 7 heteroatoms. The molecule has 0 N–H and O–H groups in total. The van der Waals surface area contributed by atoms with Gasteiger partial charge in [-0.05, 0) is 18.2 Å². The third-order valence-corrected chi connectivity index (χ3v) is 2.83. The molecule has 0 aromatic heterocycles. The molecule has 5 nitrogen and oxygen atoms in total. The van der Waals surface area contributed by atoms with Gasteiger partial charge in [-0.2, -0.15) is 0 Å². The van der Waals surface area contributed by atoms with Gasteiger partial charge in [0.25, 0.3) is 5.91 Å². The average Bonchev–Trinajstić information content (AvgIpc) is 2.49. The van der Waals surface area contributed by atoms with Crippen molar-refractivity contribution in [3.63, 3.8) is 0 Å². The maximum absolute atomic E-state index is 13.2. The lowest BCUT2D eigenvalue weighted by molar-refractivity contribution is -0.140. The van der Waals surface area contributed by atoms with Crippen LogP contribution < -0.4 is 0 Å². The summed E-state index contributed by atoms with van der Waals surface area (Å²) in [6.45, 7) is 0.593. The monoisotopic (exact) mass is 301 g/mol. The van der Waals surface area contributed by atoms with Crippen LogP contribution in [0.15, 0.2) is 18.2 Å². The number of rotatable bonds is 7. The van der Waals surface area contributed by atoms with Gasteiger partial charge >= 0.3 is 5.97 Å². The Labute approximate surface area is 121 Å². The highest BCUT2D eigenvalue weighted by Crippen LogP contribution is 2.11. The number of esters is 1. The van der Waals surface area contributed by atoms with E-state index < -0.39 is 23.5 Å². The SMILES string of the molecule is COCCN(CCC(=O)OC)C(=O)c1ccc(F)c(F)c1. The molecule has 0 aliphatic heterocycles. The Morgan fingerprint density at radius 1 is 1.14 bits per heavy atom. The number of carbonyl (C=O) groups is 2. The van der Waals surface area contributed by atoms with Crippen molar-refractivity contribution in [2.24, 2.45) is 0 Å². The van der Waals surface area contributed by atoms with E-state index in [-0.39, 0.29) is 31.7 Å². The molecule has 1 amide bonds. The number of ether oxygens (including phenoxy) is 2. The van der Waals surface area contributed by atoms with Gasteiger partial charge in [0.2, 0.25) is 0 Å². The van der Waals surface area contributed by atoms with Gasteiger partial charge in [0.1, 0.15) is 0 Å². The number of benzene rings is 1. The van der Waals surface area contributed by atoms with Crippen LogP contribution >= 0.6 is 0 Å². The molecule has 0 saturated heterocycles. The third-order valence-electron chi connectivity index (χ3n) is 2.83. The van der Waals surface area contributed by atoms with Gasteiger partial charge in [0.15, 0.2) is 11.6 Å². The van der Waals surface area contributed by atoms with Gasteiger partial charge in [-0.3, -0.25) is 9.59 Å². The first-order valence-electron chi connectivity index (χ1n) is 6.29. The molecule has 0 heterocycles. The smallest absolute Gasteiger partial charge is 0.307 e. The Morgan fingerprint density at radius 2 is 1.86 bits per heavy atom. The molecule has 0 radical (unpaired) electrons. The summed E-state index contributed by atoms with van der Waals surface area (Å²) in [7, 11) is 2.72. The molecular weight excluding hydrogens is 284 g/mol. The van der Waals surface area contributed by atoms with Crippen molar-refractivity contribution in [2.75, 3.05) is 33.9 Å². The van der Waals surface area contributed by atoms with E-state index in [1.54, 1.807) is 0 Å². The van der Waals surface area contributed by atoms with E-state index in [0.717, 1.165) is 12.1 Å². The van der Waals surface area contributed by atoms with Crippen LogP contribution in [0, 0.1) is 11.6 Å². The predicted molar refractivity (Wildman–Crippen MR) is 70.8 cm³/mol. The third kappa shape index (κ3) is 5.11. The van der Waals surface area contributed by atoms with Crippen LogP contribution in [0.4, 0.5) is 8.78 Å². The number of hydrogen-bond donors (Lipinski definition) is 0. The van der Waals surface area contributed by atoms with Crippen molar-refractivity contribution >= 4 is 11.9 Å². The summed E-state index contributed by atoms with van der Waals surface area (Å²) in [5.74, 6) is -3.09. The van der Waals surface area contributed by atoms with Crippen molar-refractivity contribution < 1.29 is 27.8 Å². The van der Waals surface area contributed by atoms with Crippen LogP contribution in [0.5, 0.6) is 0 Å². The Kier molecular flexibility index (Phi) is 6.74. The second-order valence-electron chi connectivity index (χ2n) is 4.24. The van der Waals surface area contributed by atoms with Gasteiger partial charge < -0.3 is 14.4 Å². The Morgan fingerprint density at radius 3 is 2.43 bits per heavy atom. The molecule has 1 aromatic carbocycles. The van der Waals surface area contributed by atoms with Crippen LogP contribution in [-0.2, 0) is 14.3 Å². The maximum atomic E-state index is 13.2. The second kappa shape index (κ2) is 8.31.